The maximum atomic E-state index is 9.28. The van der Waals surface area contributed by atoms with E-state index in [0.29, 0.717) is 22.4 Å². The summed E-state index contributed by atoms with van der Waals surface area (Å²) in [6.07, 6.45) is 0. The number of fused-ring (bicyclic) bond motifs is 7. The van der Waals surface area contributed by atoms with Crippen molar-refractivity contribution in [2.45, 2.75) is 71.5 Å². The highest BCUT2D eigenvalue weighted by Crippen LogP contribution is 2.62. The van der Waals surface area contributed by atoms with E-state index in [-0.39, 0.29) is 27.4 Å². The van der Waals surface area contributed by atoms with E-state index in [4.69, 9.17) is 4.42 Å². The molecule has 0 N–H and O–H groups in total. The third-order valence-corrected chi connectivity index (χ3v) is 15.2. The molecule has 0 atom stereocenters. The highest BCUT2D eigenvalue weighted by molar-refractivity contribution is 6.07. The van der Waals surface area contributed by atoms with Crippen LogP contribution in [0.3, 0.4) is 0 Å². The van der Waals surface area contributed by atoms with Crippen LogP contribution < -0.4 is 4.90 Å². The smallest absolute Gasteiger partial charge is 0.137 e. The molecule has 2 aliphatic carbocycles. The van der Waals surface area contributed by atoms with Crippen LogP contribution in [0.15, 0.2) is 180 Å². The summed E-state index contributed by atoms with van der Waals surface area (Å²) >= 11 is 0. The zero-order chi connectivity index (χ0) is 47.8. The zero-order valence-electron chi connectivity index (χ0n) is 42.1. The second-order valence-electron chi connectivity index (χ2n) is 19.0. The summed E-state index contributed by atoms with van der Waals surface area (Å²) in [5.74, 6) is 0. The molecule has 0 radical (unpaired) electrons. The number of nitrogens with zero attached hydrogens (tertiary/aromatic N) is 1. The Morgan fingerprint density at radius 1 is 0.403 bits per heavy atom. The van der Waals surface area contributed by atoms with Crippen LogP contribution in [0.4, 0.5) is 17.1 Å². The largest absolute Gasteiger partial charge is 0.456 e. The van der Waals surface area contributed by atoms with E-state index in [9.17, 15) is 8.22 Å². The van der Waals surface area contributed by atoms with Crippen molar-refractivity contribution in [2.24, 2.45) is 5.41 Å². The number of furan rings is 1. The predicted octanol–water partition coefficient (Wildman–Crippen LogP) is 17.0. The summed E-state index contributed by atoms with van der Waals surface area (Å²) in [6.45, 7) is 8.01. The van der Waals surface area contributed by atoms with Gasteiger partial charge in [-0.15, -0.1) is 0 Å². The Morgan fingerprint density at radius 3 is 1.68 bits per heavy atom. The molecule has 9 aromatic rings. The van der Waals surface area contributed by atoms with Gasteiger partial charge < -0.3 is 9.32 Å². The van der Waals surface area contributed by atoms with Crippen LogP contribution in [0.25, 0.3) is 66.4 Å². The van der Waals surface area contributed by atoms with E-state index in [1.165, 1.54) is 11.1 Å². The molecular formula is C60H53NO. The first-order valence-corrected chi connectivity index (χ1v) is 21.7. The highest BCUT2D eigenvalue weighted by atomic mass is 16.3. The molecule has 11 rings (SSSR count). The molecule has 1 heterocycles. The van der Waals surface area contributed by atoms with E-state index in [1.807, 2.05) is 60.7 Å². The number of hydrogen-bond acceptors (Lipinski definition) is 2. The fourth-order valence-electron chi connectivity index (χ4n) is 10.6. The number of benzene rings is 8. The highest BCUT2D eigenvalue weighted by Gasteiger charge is 2.56. The van der Waals surface area contributed by atoms with Crippen LogP contribution in [-0.4, -0.2) is 0 Å². The minimum absolute atomic E-state index is 0.101. The average molecular weight is 810 g/mol. The molecule has 1 aromatic heterocycles. The molecule has 2 aliphatic rings. The minimum Gasteiger partial charge on any atom is -0.456 e. The summed E-state index contributed by atoms with van der Waals surface area (Å²) in [4.78, 5) is 2.11. The Morgan fingerprint density at radius 2 is 0.968 bits per heavy atom. The second kappa shape index (κ2) is 13.4. The second-order valence-corrected chi connectivity index (χ2v) is 19.0. The van der Waals surface area contributed by atoms with Crippen molar-refractivity contribution in [3.8, 4) is 44.5 Å². The van der Waals surface area contributed by atoms with Gasteiger partial charge in [-0.2, -0.15) is 0 Å². The number of rotatable bonds is 6. The third kappa shape index (κ3) is 5.48. The molecular weight excluding hydrogens is 751 g/mol. The first-order chi connectivity index (χ1) is 32.3. The Balaban J connectivity index is 1.20. The lowest BCUT2D eigenvalue weighted by Gasteiger charge is -2.44. The van der Waals surface area contributed by atoms with Crippen molar-refractivity contribution >= 4 is 39.0 Å². The first kappa shape index (κ1) is 32.1. The fourth-order valence-corrected chi connectivity index (χ4v) is 10.6. The van der Waals surface area contributed by atoms with Gasteiger partial charge in [0.05, 0.1) is 0 Å². The molecule has 62 heavy (non-hydrogen) atoms. The predicted molar refractivity (Wildman–Crippen MR) is 262 cm³/mol. The average Bonchev–Trinajstić information content (AvgIpc) is 3.88. The first-order valence-electron chi connectivity index (χ1n) is 24.7. The maximum Gasteiger partial charge on any atom is 0.137 e. The standard InChI is InChI=1S/C60H53NO/c1-57(2)50-22-16-15-21-48(50)56-49(42-26-32-51-52(33-42)59(5,6)60(7,8)58(51,3)4)35-45(36-53(56)57)61(43-27-23-40(24-28-43)38-17-11-9-12-18-38)44-29-31-47-46-30-25-41(39-19-13-10-14-20-39)34-54(46)62-55(47)37-44/h9-37H,1-8H3/i1D3,2D3. The molecule has 0 unspecified atom stereocenters. The lowest BCUT2D eigenvalue weighted by molar-refractivity contribution is 0.125. The van der Waals surface area contributed by atoms with E-state index in [1.54, 1.807) is 12.1 Å². The molecule has 0 fully saturated rings. The molecule has 0 bridgehead atoms. The molecule has 2 nitrogen and oxygen atoms in total. The monoisotopic (exact) mass is 809 g/mol. The van der Waals surface area contributed by atoms with Gasteiger partial charge in [0.1, 0.15) is 11.2 Å². The van der Waals surface area contributed by atoms with Gasteiger partial charge >= 0.3 is 0 Å². The van der Waals surface area contributed by atoms with Crippen LogP contribution >= 0.6 is 0 Å². The minimum atomic E-state index is -2.96. The van der Waals surface area contributed by atoms with E-state index in [0.717, 1.165) is 61.1 Å². The topological polar surface area (TPSA) is 16.4 Å². The SMILES string of the molecule is [2H]C([2H])([2H])C1(C([2H])([2H])[2H])c2ccccc2-c2c(-c3ccc4c(c3)C(C)(C)C(C)(C)C4(C)C)cc(N(c3ccc(-c4ccccc4)cc3)c3ccc4c(c3)oc3cc(-c5ccccc5)ccc34)cc21. The summed E-state index contributed by atoms with van der Waals surface area (Å²) in [7, 11) is 0. The Hall–Kier alpha value is -6.64. The van der Waals surface area contributed by atoms with E-state index < -0.39 is 19.1 Å². The summed E-state index contributed by atoms with van der Waals surface area (Å²) < 4.78 is 62.4. The van der Waals surface area contributed by atoms with Crippen LogP contribution in [-0.2, 0) is 16.2 Å². The van der Waals surface area contributed by atoms with Gasteiger partial charge in [0.25, 0.3) is 0 Å². The van der Waals surface area contributed by atoms with Crippen molar-refractivity contribution in [3.63, 3.8) is 0 Å². The molecule has 0 saturated heterocycles. The molecule has 0 aliphatic heterocycles. The van der Waals surface area contributed by atoms with Gasteiger partial charge in [-0.3, -0.25) is 0 Å². The summed E-state index contributed by atoms with van der Waals surface area (Å²) in [6, 6.07) is 59.1. The summed E-state index contributed by atoms with van der Waals surface area (Å²) in [5.41, 5.74) is 11.1. The normalized spacial score (nSPS) is 18.1. The fraction of sp³-hybridized carbons (Fsp3) is 0.200. The molecule has 0 spiro atoms. The van der Waals surface area contributed by atoms with Gasteiger partial charge in [-0.1, -0.05) is 177 Å². The number of anilines is 3. The van der Waals surface area contributed by atoms with Crippen molar-refractivity contribution in [1.29, 1.82) is 0 Å². The van der Waals surface area contributed by atoms with Gasteiger partial charge in [0.15, 0.2) is 0 Å². The lowest BCUT2D eigenvalue weighted by atomic mass is 9.59. The van der Waals surface area contributed by atoms with Crippen molar-refractivity contribution in [1.82, 2.24) is 0 Å². The van der Waals surface area contributed by atoms with Gasteiger partial charge in [0.2, 0.25) is 0 Å². The van der Waals surface area contributed by atoms with Gasteiger partial charge in [0, 0.05) is 47.5 Å². The molecule has 304 valence electrons. The van der Waals surface area contributed by atoms with Crippen LogP contribution in [0.2, 0.25) is 0 Å². The maximum absolute atomic E-state index is 9.28. The van der Waals surface area contributed by atoms with Crippen molar-refractivity contribution in [3.05, 3.63) is 198 Å². The molecule has 0 amide bonds. The van der Waals surface area contributed by atoms with E-state index in [2.05, 4.69) is 150 Å². The Kier molecular flexibility index (Phi) is 6.96. The van der Waals surface area contributed by atoms with Crippen LogP contribution in [0, 0.1) is 5.41 Å². The van der Waals surface area contributed by atoms with E-state index >= 15 is 0 Å². The van der Waals surface area contributed by atoms with Crippen molar-refractivity contribution < 1.29 is 12.6 Å². The lowest BCUT2D eigenvalue weighted by Crippen LogP contribution is -2.42. The number of hydrogen-bond donors (Lipinski definition) is 0. The van der Waals surface area contributed by atoms with Crippen molar-refractivity contribution in [2.75, 3.05) is 4.90 Å². The molecule has 0 saturated carbocycles. The molecule has 2 heteroatoms. The van der Waals surface area contributed by atoms with Crippen LogP contribution in [0.1, 0.15) is 85.7 Å². The Labute approximate surface area is 374 Å². The van der Waals surface area contributed by atoms with Crippen LogP contribution in [0.5, 0.6) is 0 Å². The Bertz CT molecular complexity index is 3440. The quantitative estimate of drug-likeness (QED) is 0.166. The zero-order valence-corrected chi connectivity index (χ0v) is 36.1. The summed E-state index contributed by atoms with van der Waals surface area (Å²) in [5, 5.41) is 1.96. The third-order valence-electron chi connectivity index (χ3n) is 15.2. The van der Waals surface area contributed by atoms with Gasteiger partial charge in [-0.05, 0) is 132 Å². The van der Waals surface area contributed by atoms with Gasteiger partial charge in [-0.25, -0.2) is 0 Å². The molecule has 8 aromatic carbocycles.